The average molecular weight is 234 g/mol. The molecular formula is C14H18O3. The van der Waals surface area contributed by atoms with Crippen molar-refractivity contribution in [1.82, 2.24) is 0 Å². The molecule has 17 heavy (non-hydrogen) atoms. The number of ketones is 1. The van der Waals surface area contributed by atoms with Crippen LogP contribution in [0.5, 0.6) is 0 Å². The molecule has 0 radical (unpaired) electrons. The van der Waals surface area contributed by atoms with E-state index in [0.717, 1.165) is 19.3 Å². The monoisotopic (exact) mass is 234 g/mol. The van der Waals surface area contributed by atoms with Crippen molar-refractivity contribution < 1.29 is 14.3 Å². The van der Waals surface area contributed by atoms with E-state index in [9.17, 15) is 9.59 Å². The molecule has 3 aliphatic carbocycles. The van der Waals surface area contributed by atoms with Gasteiger partial charge in [-0.05, 0) is 38.0 Å². The predicted molar refractivity (Wildman–Crippen MR) is 62.2 cm³/mol. The zero-order valence-corrected chi connectivity index (χ0v) is 9.93. The van der Waals surface area contributed by atoms with Crippen LogP contribution in [-0.2, 0) is 14.3 Å². The fourth-order valence-electron chi connectivity index (χ4n) is 3.41. The van der Waals surface area contributed by atoms with E-state index in [1.165, 1.54) is 12.8 Å². The zero-order chi connectivity index (χ0) is 11.8. The van der Waals surface area contributed by atoms with Crippen molar-refractivity contribution in [3.63, 3.8) is 0 Å². The van der Waals surface area contributed by atoms with Crippen molar-refractivity contribution >= 4 is 11.8 Å². The summed E-state index contributed by atoms with van der Waals surface area (Å²) in [5.41, 5.74) is 0. The molecule has 0 aliphatic heterocycles. The lowest BCUT2D eigenvalue weighted by molar-refractivity contribution is -0.150. The van der Waals surface area contributed by atoms with Gasteiger partial charge in [-0.2, -0.15) is 0 Å². The maximum absolute atomic E-state index is 11.8. The molecule has 0 aromatic rings. The van der Waals surface area contributed by atoms with Crippen LogP contribution >= 0.6 is 0 Å². The summed E-state index contributed by atoms with van der Waals surface area (Å²) in [4.78, 5) is 23.5. The molecule has 0 spiro atoms. The van der Waals surface area contributed by atoms with Gasteiger partial charge < -0.3 is 4.74 Å². The van der Waals surface area contributed by atoms with Crippen molar-refractivity contribution in [2.24, 2.45) is 17.8 Å². The van der Waals surface area contributed by atoms with Crippen molar-refractivity contribution in [3.05, 3.63) is 12.2 Å². The molecule has 3 nitrogen and oxygen atoms in total. The Morgan fingerprint density at radius 1 is 1.29 bits per heavy atom. The highest BCUT2D eigenvalue weighted by atomic mass is 16.5. The highest BCUT2D eigenvalue weighted by Gasteiger charge is 2.44. The number of esters is 1. The van der Waals surface area contributed by atoms with Gasteiger partial charge in [0.25, 0.3) is 0 Å². The molecular weight excluding hydrogens is 216 g/mol. The van der Waals surface area contributed by atoms with Crippen LogP contribution in [0.4, 0.5) is 0 Å². The lowest BCUT2D eigenvalue weighted by atomic mass is 9.90. The Morgan fingerprint density at radius 2 is 2.06 bits per heavy atom. The van der Waals surface area contributed by atoms with Gasteiger partial charge in [0, 0.05) is 18.3 Å². The fraction of sp³-hybridized carbons (Fsp3) is 0.714. The second-order valence-electron chi connectivity index (χ2n) is 5.52. The molecule has 3 rings (SSSR count). The van der Waals surface area contributed by atoms with Crippen LogP contribution in [0.2, 0.25) is 0 Å². The number of Topliss-reactive ketones (excluding diaryl/α,β-unsaturated/α-hetero) is 1. The van der Waals surface area contributed by atoms with Crippen LogP contribution in [0.3, 0.4) is 0 Å². The largest absolute Gasteiger partial charge is 0.462 e. The highest BCUT2D eigenvalue weighted by Crippen LogP contribution is 2.42. The normalized spacial score (nSPS) is 35.8. The molecule has 3 atom stereocenters. The predicted octanol–water partition coefficient (Wildman–Crippen LogP) is 2.25. The summed E-state index contributed by atoms with van der Waals surface area (Å²) in [5.74, 6) is 0.492. The minimum Gasteiger partial charge on any atom is -0.462 e. The van der Waals surface area contributed by atoms with Gasteiger partial charge in [0.1, 0.15) is 11.9 Å². The minimum absolute atomic E-state index is 0.00359. The SMILES string of the molecule is O=C(CC1CC2C=CC1C2=O)OC1CCCC1. The molecule has 2 fully saturated rings. The summed E-state index contributed by atoms with van der Waals surface area (Å²) in [6, 6.07) is 0. The maximum atomic E-state index is 11.8. The number of carbonyl (C=O) groups excluding carboxylic acids is 2. The van der Waals surface area contributed by atoms with E-state index in [4.69, 9.17) is 4.74 Å². The number of carbonyl (C=O) groups is 2. The van der Waals surface area contributed by atoms with Gasteiger partial charge >= 0.3 is 5.97 Å². The first-order chi connectivity index (χ1) is 8.24. The van der Waals surface area contributed by atoms with E-state index in [0.29, 0.717) is 12.2 Å². The van der Waals surface area contributed by atoms with Crippen LogP contribution in [0.1, 0.15) is 38.5 Å². The van der Waals surface area contributed by atoms with Crippen LogP contribution in [-0.4, -0.2) is 17.9 Å². The molecule has 2 saturated carbocycles. The Morgan fingerprint density at radius 3 is 2.65 bits per heavy atom. The second-order valence-corrected chi connectivity index (χ2v) is 5.52. The van der Waals surface area contributed by atoms with Crippen LogP contribution in [0.25, 0.3) is 0 Å². The number of fused-ring (bicyclic) bond motifs is 2. The van der Waals surface area contributed by atoms with E-state index < -0.39 is 0 Å². The summed E-state index contributed by atoms with van der Waals surface area (Å²) in [6.45, 7) is 0. The third-order valence-corrected chi connectivity index (χ3v) is 4.34. The van der Waals surface area contributed by atoms with Gasteiger partial charge in [0.2, 0.25) is 0 Å². The molecule has 2 bridgehead atoms. The van der Waals surface area contributed by atoms with E-state index in [2.05, 4.69) is 0 Å². The Kier molecular flexibility index (Phi) is 2.77. The quantitative estimate of drug-likeness (QED) is 0.555. The number of ether oxygens (including phenoxy) is 1. The first kappa shape index (κ1) is 11.0. The molecule has 3 aliphatic rings. The van der Waals surface area contributed by atoms with Crippen molar-refractivity contribution in [2.75, 3.05) is 0 Å². The van der Waals surface area contributed by atoms with Gasteiger partial charge in [-0.1, -0.05) is 12.2 Å². The van der Waals surface area contributed by atoms with Gasteiger partial charge in [-0.3, -0.25) is 9.59 Å². The molecule has 0 aromatic carbocycles. The number of allylic oxidation sites excluding steroid dienone is 2. The number of hydrogen-bond acceptors (Lipinski definition) is 3. The van der Waals surface area contributed by atoms with Gasteiger partial charge in [0.05, 0.1) is 0 Å². The minimum atomic E-state index is -0.101. The van der Waals surface area contributed by atoms with Crippen molar-refractivity contribution in [2.45, 2.75) is 44.6 Å². The van der Waals surface area contributed by atoms with Crippen molar-refractivity contribution in [1.29, 1.82) is 0 Å². The van der Waals surface area contributed by atoms with E-state index in [-0.39, 0.29) is 29.8 Å². The Balaban J connectivity index is 1.52. The second kappa shape index (κ2) is 4.28. The smallest absolute Gasteiger partial charge is 0.306 e. The van der Waals surface area contributed by atoms with E-state index in [1.807, 2.05) is 12.2 Å². The van der Waals surface area contributed by atoms with Gasteiger partial charge in [-0.25, -0.2) is 0 Å². The molecule has 0 amide bonds. The molecule has 92 valence electrons. The third-order valence-electron chi connectivity index (χ3n) is 4.34. The van der Waals surface area contributed by atoms with Crippen molar-refractivity contribution in [3.8, 4) is 0 Å². The first-order valence-electron chi connectivity index (χ1n) is 6.65. The Hall–Kier alpha value is -1.12. The average Bonchev–Trinajstić information content (AvgIpc) is 2.97. The molecule has 3 heteroatoms. The molecule has 3 unspecified atom stereocenters. The highest BCUT2D eigenvalue weighted by molar-refractivity contribution is 5.92. The standard InChI is InChI=1S/C14H18O3/c15-13(17-11-3-1-2-4-11)8-10-7-9-5-6-12(10)14(9)16/h5-6,9-12H,1-4,7-8H2. The molecule has 0 heterocycles. The Labute approximate surface area is 101 Å². The van der Waals surface area contributed by atoms with Gasteiger partial charge in [0.15, 0.2) is 0 Å². The zero-order valence-electron chi connectivity index (χ0n) is 9.93. The lowest BCUT2D eigenvalue weighted by Gasteiger charge is -2.17. The molecule has 0 saturated heterocycles. The van der Waals surface area contributed by atoms with Gasteiger partial charge in [-0.15, -0.1) is 0 Å². The number of rotatable bonds is 3. The van der Waals surface area contributed by atoms with E-state index >= 15 is 0 Å². The topological polar surface area (TPSA) is 43.4 Å². The summed E-state index contributed by atoms with van der Waals surface area (Å²) in [5, 5.41) is 0. The van der Waals surface area contributed by atoms with Crippen LogP contribution < -0.4 is 0 Å². The summed E-state index contributed by atoms with van der Waals surface area (Å²) in [7, 11) is 0. The maximum Gasteiger partial charge on any atom is 0.306 e. The molecule has 0 N–H and O–H groups in total. The molecule has 0 aromatic heterocycles. The first-order valence-corrected chi connectivity index (χ1v) is 6.65. The van der Waals surface area contributed by atoms with Crippen LogP contribution in [0.15, 0.2) is 12.2 Å². The summed E-state index contributed by atoms with van der Waals surface area (Å²) < 4.78 is 5.44. The number of hydrogen-bond donors (Lipinski definition) is 0. The summed E-state index contributed by atoms with van der Waals surface area (Å²) >= 11 is 0. The third kappa shape index (κ3) is 2.03. The van der Waals surface area contributed by atoms with Crippen LogP contribution in [0, 0.1) is 17.8 Å². The van der Waals surface area contributed by atoms with E-state index in [1.54, 1.807) is 0 Å². The fourth-order valence-corrected chi connectivity index (χ4v) is 3.41. The lowest BCUT2D eigenvalue weighted by Crippen LogP contribution is -2.20. The Bertz CT molecular complexity index is 366. The summed E-state index contributed by atoms with van der Waals surface area (Å²) in [6.07, 6.45) is 9.76.